The molecule has 3 aliphatic rings. The molecule has 3 aliphatic carbocycles. The molecule has 0 saturated carbocycles. The van der Waals surface area contributed by atoms with Crippen molar-refractivity contribution in [2.45, 2.75) is 19.3 Å². The molecule has 0 bridgehead atoms. The van der Waals surface area contributed by atoms with E-state index in [0.29, 0.717) is 0 Å². The summed E-state index contributed by atoms with van der Waals surface area (Å²) < 4.78 is 0. The highest BCUT2D eigenvalue weighted by atomic mass is 14.7. The molecule has 8 aromatic rings. The van der Waals surface area contributed by atoms with Gasteiger partial charge in [0.1, 0.15) is 0 Å². The normalized spacial score (nSPS) is 13.9. The maximum Gasteiger partial charge on any atom is 0.0708 e. The maximum absolute atomic E-state index is 4.70. The highest BCUT2D eigenvalue weighted by Crippen LogP contribution is 2.59. The van der Waals surface area contributed by atoms with Crippen molar-refractivity contribution in [3.63, 3.8) is 0 Å². The molecule has 218 valence electrons. The second-order valence-electron chi connectivity index (χ2n) is 13.7. The van der Waals surface area contributed by atoms with Gasteiger partial charge >= 0.3 is 0 Å². The van der Waals surface area contributed by atoms with Crippen LogP contribution in [0, 0.1) is 0 Å². The Balaban J connectivity index is 1.12. The molecule has 0 fully saturated rings. The summed E-state index contributed by atoms with van der Waals surface area (Å²) in [6.45, 7) is 4.81. The number of rotatable bonds is 2. The Morgan fingerprint density at radius 2 is 0.787 bits per heavy atom. The molecule has 2 heterocycles. The summed E-state index contributed by atoms with van der Waals surface area (Å²) in [7, 11) is 0. The number of hydrogen-bond donors (Lipinski definition) is 0. The third-order valence-corrected chi connectivity index (χ3v) is 11.1. The van der Waals surface area contributed by atoms with Crippen LogP contribution in [0.5, 0.6) is 0 Å². The third kappa shape index (κ3) is 3.15. The minimum absolute atomic E-state index is 0.127. The predicted molar refractivity (Wildman–Crippen MR) is 194 cm³/mol. The Bertz CT molecular complexity index is 2500. The molecule has 0 amide bonds. The zero-order valence-electron chi connectivity index (χ0n) is 26.1. The van der Waals surface area contributed by atoms with Crippen molar-refractivity contribution in [1.29, 1.82) is 0 Å². The van der Waals surface area contributed by atoms with E-state index in [9.17, 15) is 0 Å². The van der Waals surface area contributed by atoms with E-state index in [4.69, 9.17) is 9.97 Å². The van der Waals surface area contributed by atoms with Crippen molar-refractivity contribution in [1.82, 2.24) is 9.97 Å². The lowest BCUT2D eigenvalue weighted by molar-refractivity contribution is 0.661. The zero-order valence-corrected chi connectivity index (χ0v) is 26.1. The molecule has 6 aromatic carbocycles. The van der Waals surface area contributed by atoms with E-state index in [1.54, 1.807) is 0 Å². The minimum Gasteiger partial charge on any atom is -0.256 e. The van der Waals surface area contributed by atoms with Crippen LogP contribution in [0.15, 0.2) is 134 Å². The monoisotopic (exact) mass is 596 g/mol. The van der Waals surface area contributed by atoms with Crippen LogP contribution in [-0.4, -0.2) is 9.97 Å². The maximum atomic E-state index is 4.70. The van der Waals surface area contributed by atoms with Crippen molar-refractivity contribution in [2.75, 3.05) is 0 Å². The summed E-state index contributed by atoms with van der Waals surface area (Å²) in [5, 5.41) is 5.21. The summed E-state index contributed by atoms with van der Waals surface area (Å²) in [6.07, 6.45) is 3.76. The van der Waals surface area contributed by atoms with Crippen LogP contribution >= 0.6 is 0 Å². The van der Waals surface area contributed by atoms with Crippen LogP contribution in [-0.2, 0) is 5.41 Å². The van der Waals surface area contributed by atoms with E-state index < -0.39 is 0 Å². The van der Waals surface area contributed by atoms with Crippen LogP contribution in [0.25, 0.3) is 99.7 Å². The summed E-state index contributed by atoms with van der Waals surface area (Å²) in [4.78, 5) is 9.39. The molecule has 0 radical (unpaired) electrons. The van der Waals surface area contributed by atoms with E-state index in [1.807, 2.05) is 24.5 Å². The van der Waals surface area contributed by atoms with Gasteiger partial charge < -0.3 is 0 Å². The van der Waals surface area contributed by atoms with Gasteiger partial charge in [0.25, 0.3) is 0 Å². The summed E-state index contributed by atoms with van der Waals surface area (Å²) >= 11 is 0. The average molecular weight is 597 g/mol. The average Bonchev–Trinajstić information content (AvgIpc) is 3.69. The first-order valence-electron chi connectivity index (χ1n) is 16.4. The van der Waals surface area contributed by atoms with Gasteiger partial charge in [-0.05, 0) is 137 Å². The molecule has 47 heavy (non-hydrogen) atoms. The fraction of sp³-hybridized carbons (Fsp3) is 0.0667. The van der Waals surface area contributed by atoms with Crippen LogP contribution < -0.4 is 0 Å². The van der Waals surface area contributed by atoms with Crippen molar-refractivity contribution in [3.8, 4) is 78.1 Å². The second-order valence-corrected chi connectivity index (χ2v) is 13.7. The standard InChI is InChI=1S/C45H28N2/c1-45(2)39-23-35-31-17-15-25(41-13-3-5-19-46-41)27-9-7-11-29(43(27)31)33(35)21-37(39)38-22-34-30-12-8-10-28-26(42-14-4-6-20-47-42)16-18-32(44(28)30)36(34)24-40(38)45/h3-24H,1-2H3. The lowest BCUT2D eigenvalue weighted by Gasteiger charge is -2.23. The van der Waals surface area contributed by atoms with Gasteiger partial charge in [0.2, 0.25) is 0 Å². The SMILES string of the molecule is CC1(C)c2cc3c(cc2-c2cc4c(cc21)-c1ccc(-c2ccccn2)c2cccc-4c12)-c1cccc2c(-c4ccccn4)ccc-3c12. The Hall–Kier alpha value is -5.86. The van der Waals surface area contributed by atoms with Crippen molar-refractivity contribution in [2.24, 2.45) is 0 Å². The van der Waals surface area contributed by atoms with Crippen molar-refractivity contribution in [3.05, 3.63) is 145 Å². The Kier molecular flexibility index (Phi) is 4.68. The molecule has 2 nitrogen and oxygen atoms in total. The van der Waals surface area contributed by atoms with Crippen LogP contribution in [0.1, 0.15) is 25.0 Å². The second kappa shape index (κ2) is 8.69. The highest BCUT2D eigenvalue weighted by molar-refractivity contribution is 6.21. The number of hydrogen-bond acceptors (Lipinski definition) is 2. The minimum atomic E-state index is -0.127. The fourth-order valence-corrected chi connectivity index (χ4v) is 8.92. The number of benzene rings is 6. The largest absolute Gasteiger partial charge is 0.256 e. The molecule has 2 heteroatoms. The number of aromatic nitrogens is 2. The van der Waals surface area contributed by atoms with Gasteiger partial charge in [0.15, 0.2) is 0 Å². The molecule has 0 saturated heterocycles. The summed E-state index contributed by atoms with van der Waals surface area (Å²) in [5.74, 6) is 0. The van der Waals surface area contributed by atoms with Gasteiger partial charge in [-0.2, -0.15) is 0 Å². The van der Waals surface area contributed by atoms with E-state index in [2.05, 4.69) is 123 Å². The first-order valence-corrected chi connectivity index (χ1v) is 16.4. The molecule has 0 N–H and O–H groups in total. The quantitative estimate of drug-likeness (QED) is 0.198. The number of nitrogens with zero attached hydrogens (tertiary/aromatic N) is 2. The lowest BCUT2D eigenvalue weighted by atomic mass is 9.80. The zero-order chi connectivity index (χ0) is 31.0. The number of fused-ring (bicyclic) bond motifs is 9. The molecule has 0 unspecified atom stereocenters. The molecule has 0 spiro atoms. The Labute approximate surface area is 273 Å². The lowest BCUT2D eigenvalue weighted by Crippen LogP contribution is -2.15. The molecular weight excluding hydrogens is 569 g/mol. The topological polar surface area (TPSA) is 25.8 Å². The molecule has 2 aromatic heterocycles. The van der Waals surface area contributed by atoms with E-state index in [1.165, 1.54) is 99.4 Å². The highest BCUT2D eigenvalue weighted by Gasteiger charge is 2.39. The van der Waals surface area contributed by atoms with Gasteiger partial charge in [-0.1, -0.05) is 86.6 Å². The van der Waals surface area contributed by atoms with Gasteiger partial charge in [-0.3, -0.25) is 9.97 Å². The van der Waals surface area contributed by atoms with Gasteiger partial charge in [-0.15, -0.1) is 0 Å². The van der Waals surface area contributed by atoms with Crippen molar-refractivity contribution < 1.29 is 0 Å². The first kappa shape index (κ1) is 25.3. The van der Waals surface area contributed by atoms with E-state index >= 15 is 0 Å². The fourth-order valence-electron chi connectivity index (χ4n) is 8.92. The first-order chi connectivity index (χ1) is 23.1. The number of pyridine rings is 2. The molecule has 0 aliphatic heterocycles. The van der Waals surface area contributed by atoms with Gasteiger partial charge in [0.05, 0.1) is 11.4 Å². The third-order valence-electron chi connectivity index (χ3n) is 11.1. The van der Waals surface area contributed by atoms with E-state index in [0.717, 1.165) is 11.4 Å². The summed E-state index contributed by atoms with van der Waals surface area (Å²) in [5.41, 5.74) is 20.5. The van der Waals surface area contributed by atoms with Crippen LogP contribution in [0.2, 0.25) is 0 Å². The van der Waals surface area contributed by atoms with Crippen LogP contribution in [0.4, 0.5) is 0 Å². The molecule has 11 rings (SSSR count). The predicted octanol–water partition coefficient (Wildman–Crippen LogP) is 11.7. The van der Waals surface area contributed by atoms with Crippen LogP contribution in [0.3, 0.4) is 0 Å². The van der Waals surface area contributed by atoms with Crippen molar-refractivity contribution >= 4 is 21.5 Å². The molecular formula is C45H28N2. The van der Waals surface area contributed by atoms with Gasteiger partial charge in [-0.25, -0.2) is 0 Å². The Morgan fingerprint density at radius 1 is 0.362 bits per heavy atom. The van der Waals surface area contributed by atoms with E-state index in [-0.39, 0.29) is 5.41 Å². The van der Waals surface area contributed by atoms with Gasteiger partial charge in [0, 0.05) is 28.9 Å². The smallest absolute Gasteiger partial charge is 0.0708 e. The molecule has 0 atom stereocenters. The summed E-state index contributed by atoms with van der Waals surface area (Å²) in [6, 6.07) is 45.0. The Morgan fingerprint density at radius 3 is 1.23 bits per heavy atom.